The molecule has 2 aliphatic rings. The first-order chi connectivity index (χ1) is 10.2. The summed E-state index contributed by atoms with van der Waals surface area (Å²) in [6.07, 6.45) is 13.7. The van der Waals surface area contributed by atoms with Crippen LogP contribution in [0.25, 0.3) is 5.57 Å². The van der Waals surface area contributed by atoms with Crippen LogP contribution in [0.4, 0.5) is 0 Å². The number of rotatable bonds is 5. The smallest absolute Gasteiger partial charge is 0.253 e. The molecule has 4 heteroatoms. The Morgan fingerprint density at radius 1 is 1.48 bits per heavy atom. The van der Waals surface area contributed by atoms with Crippen molar-refractivity contribution in [1.29, 1.82) is 0 Å². The Kier molecular flexibility index (Phi) is 3.74. The minimum Gasteiger partial charge on any atom is -0.352 e. The minimum atomic E-state index is -0.108. The van der Waals surface area contributed by atoms with Gasteiger partial charge in [0.1, 0.15) is 11.4 Å². The molecule has 0 spiro atoms. The number of terminal acetylenes is 1. The summed E-state index contributed by atoms with van der Waals surface area (Å²) in [5, 5.41) is 2.97. The molecule has 4 nitrogen and oxygen atoms in total. The molecule has 0 aliphatic heterocycles. The Labute approximate surface area is 125 Å². The fourth-order valence-electron chi connectivity index (χ4n) is 2.30. The maximum atomic E-state index is 12.4. The zero-order valence-electron chi connectivity index (χ0n) is 12.2. The largest absolute Gasteiger partial charge is 0.352 e. The van der Waals surface area contributed by atoms with Crippen LogP contribution < -0.4 is 5.32 Å². The van der Waals surface area contributed by atoms with Crippen molar-refractivity contribution >= 4 is 11.5 Å². The van der Waals surface area contributed by atoms with E-state index >= 15 is 0 Å². The molecular weight excluding hydrogens is 262 g/mol. The Balaban J connectivity index is 1.85. The summed E-state index contributed by atoms with van der Waals surface area (Å²) in [7, 11) is 0. The lowest BCUT2D eigenvalue weighted by Gasteiger charge is -2.10. The lowest BCUT2D eigenvalue weighted by molar-refractivity contribution is -0.115. The van der Waals surface area contributed by atoms with Crippen LogP contribution in [0.3, 0.4) is 0 Å². The second-order valence-corrected chi connectivity index (χ2v) is 5.77. The topological polar surface area (TPSA) is 54.9 Å². The normalized spacial score (nSPS) is 18.2. The summed E-state index contributed by atoms with van der Waals surface area (Å²) in [5.41, 5.74) is 2.45. The molecule has 2 saturated carbocycles. The minimum absolute atomic E-state index is 0.108. The number of carbonyl (C=O) groups excluding carboxylic acids is 1. The van der Waals surface area contributed by atoms with Crippen LogP contribution >= 0.6 is 0 Å². The van der Waals surface area contributed by atoms with Gasteiger partial charge in [-0.25, -0.2) is 9.97 Å². The number of nitrogens with one attached hydrogen (secondary N) is 1. The number of nitrogens with zero attached hydrogens (tertiary/aromatic N) is 2. The third-order valence-corrected chi connectivity index (χ3v) is 3.96. The third-order valence-electron chi connectivity index (χ3n) is 3.96. The number of amides is 1. The average Bonchev–Trinajstić information content (AvgIpc) is 3.39. The van der Waals surface area contributed by atoms with E-state index in [1.165, 1.54) is 12.8 Å². The summed E-state index contributed by atoms with van der Waals surface area (Å²) in [6.45, 7) is 2.56. The van der Waals surface area contributed by atoms with Crippen molar-refractivity contribution in [2.24, 2.45) is 5.92 Å². The van der Waals surface area contributed by atoms with Gasteiger partial charge in [0.25, 0.3) is 5.91 Å². The molecule has 1 N–H and O–H groups in total. The van der Waals surface area contributed by atoms with Crippen LogP contribution in [0.1, 0.15) is 55.6 Å². The molecule has 21 heavy (non-hydrogen) atoms. The van der Waals surface area contributed by atoms with Crippen molar-refractivity contribution in [3.05, 3.63) is 29.4 Å². The van der Waals surface area contributed by atoms with Crippen LogP contribution in [0.5, 0.6) is 0 Å². The Hall–Kier alpha value is -2.15. The Morgan fingerprint density at radius 2 is 2.24 bits per heavy atom. The van der Waals surface area contributed by atoms with Gasteiger partial charge in [-0.05, 0) is 44.4 Å². The van der Waals surface area contributed by atoms with Crippen molar-refractivity contribution in [2.45, 2.75) is 38.5 Å². The molecule has 1 amide bonds. The zero-order valence-corrected chi connectivity index (χ0v) is 12.2. The fraction of sp³-hybridized carbons (Fsp3) is 0.471. The lowest BCUT2D eigenvalue weighted by Crippen LogP contribution is -2.27. The van der Waals surface area contributed by atoms with Crippen molar-refractivity contribution in [1.82, 2.24) is 15.3 Å². The molecule has 0 atom stereocenters. The van der Waals surface area contributed by atoms with Gasteiger partial charge in [-0.15, -0.1) is 6.42 Å². The van der Waals surface area contributed by atoms with Crippen LogP contribution in [0.2, 0.25) is 0 Å². The van der Waals surface area contributed by atoms with Gasteiger partial charge in [-0.3, -0.25) is 4.79 Å². The monoisotopic (exact) mass is 281 g/mol. The molecule has 1 aromatic heterocycles. The van der Waals surface area contributed by atoms with Crippen molar-refractivity contribution in [3.63, 3.8) is 0 Å². The summed E-state index contributed by atoms with van der Waals surface area (Å²) in [4.78, 5) is 21.3. The molecule has 0 unspecified atom stereocenters. The molecule has 2 aliphatic carbocycles. The highest BCUT2D eigenvalue weighted by Gasteiger charge is 2.28. The second-order valence-electron chi connectivity index (χ2n) is 5.77. The molecule has 0 saturated heterocycles. The number of allylic oxidation sites excluding steroid dienone is 1. The molecule has 0 bridgehead atoms. The van der Waals surface area contributed by atoms with Crippen LogP contribution in [0, 0.1) is 18.3 Å². The lowest BCUT2D eigenvalue weighted by atomic mass is 10.1. The van der Waals surface area contributed by atoms with Crippen molar-refractivity contribution in [2.75, 3.05) is 6.54 Å². The number of carbonyl (C=O) groups is 1. The highest BCUT2D eigenvalue weighted by atomic mass is 16.1. The predicted molar refractivity (Wildman–Crippen MR) is 81.3 cm³/mol. The van der Waals surface area contributed by atoms with E-state index in [1.54, 1.807) is 12.3 Å². The summed E-state index contributed by atoms with van der Waals surface area (Å²) in [5.74, 6) is 3.55. The number of hydrogen-bond acceptors (Lipinski definition) is 3. The maximum Gasteiger partial charge on any atom is 0.253 e. The van der Waals surface area contributed by atoms with Gasteiger partial charge in [0.2, 0.25) is 0 Å². The standard InChI is InChI=1S/C17H19N3O/c1-3-13(17(21)19-9-11-5-6-11)16-14(4-2)18-10-15(20-16)12-7-8-12/h2-3,10-12H,5-9H2,1H3,(H,19,21)/b13-3+. The molecule has 2 fully saturated rings. The van der Waals surface area contributed by atoms with E-state index in [1.807, 2.05) is 6.92 Å². The van der Waals surface area contributed by atoms with E-state index in [0.29, 0.717) is 28.8 Å². The summed E-state index contributed by atoms with van der Waals surface area (Å²) >= 11 is 0. The summed E-state index contributed by atoms with van der Waals surface area (Å²) < 4.78 is 0. The van der Waals surface area contributed by atoms with Crippen molar-refractivity contribution < 1.29 is 4.79 Å². The Bertz CT molecular complexity index is 634. The van der Waals surface area contributed by atoms with Crippen LogP contribution in [0.15, 0.2) is 12.3 Å². The van der Waals surface area contributed by atoms with Gasteiger partial charge < -0.3 is 5.32 Å². The van der Waals surface area contributed by atoms with E-state index in [9.17, 15) is 4.79 Å². The molecule has 3 rings (SSSR count). The average molecular weight is 281 g/mol. The number of aromatic nitrogens is 2. The molecular formula is C17H19N3O. The quantitative estimate of drug-likeness (QED) is 0.665. The van der Waals surface area contributed by atoms with E-state index in [4.69, 9.17) is 6.42 Å². The van der Waals surface area contributed by atoms with E-state index in [-0.39, 0.29) is 5.91 Å². The SMILES string of the molecule is C#Cc1ncc(C2CC2)nc1/C(=C\C)C(=O)NCC1CC1. The van der Waals surface area contributed by atoms with Gasteiger partial charge in [0, 0.05) is 12.5 Å². The van der Waals surface area contributed by atoms with E-state index < -0.39 is 0 Å². The zero-order chi connectivity index (χ0) is 14.8. The van der Waals surface area contributed by atoms with Gasteiger partial charge in [-0.2, -0.15) is 0 Å². The predicted octanol–water partition coefficient (Wildman–Crippen LogP) is 2.26. The highest BCUT2D eigenvalue weighted by Crippen LogP contribution is 2.39. The molecule has 1 heterocycles. The van der Waals surface area contributed by atoms with E-state index in [0.717, 1.165) is 25.1 Å². The maximum absolute atomic E-state index is 12.4. The van der Waals surface area contributed by atoms with Gasteiger partial charge in [0.05, 0.1) is 17.5 Å². The first-order valence-electron chi connectivity index (χ1n) is 7.51. The molecule has 0 aromatic carbocycles. The van der Waals surface area contributed by atoms with Gasteiger partial charge in [-0.1, -0.05) is 6.08 Å². The first-order valence-corrected chi connectivity index (χ1v) is 7.51. The molecule has 1 aromatic rings. The second kappa shape index (κ2) is 5.69. The van der Waals surface area contributed by atoms with E-state index in [2.05, 4.69) is 21.2 Å². The van der Waals surface area contributed by atoms with Crippen LogP contribution in [-0.2, 0) is 4.79 Å². The molecule has 108 valence electrons. The third kappa shape index (κ3) is 3.13. The number of hydrogen-bond donors (Lipinski definition) is 1. The van der Waals surface area contributed by atoms with Crippen molar-refractivity contribution in [3.8, 4) is 12.3 Å². The highest BCUT2D eigenvalue weighted by molar-refractivity contribution is 6.19. The van der Waals surface area contributed by atoms with Gasteiger partial charge in [0.15, 0.2) is 0 Å². The van der Waals surface area contributed by atoms with Crippen LogP contribution in [-0.4, -0.2) is 22.4 Å². The van der Waals surface area contributed by atoms with Gasteiger partial charge >= 0.3 is 0 Å². The molecule has 0 radical (unpaired) electrons. The fourth-order valence-corrected chi connectivity index (χ4v) is 2.30. The Morgan fingerprint density at radius 3 is 2.81 bits per heavy atom. The summed E-state index contributed by atoms with van der Waals surface area (Å²) in [6, 6.07) is 0. The first kappa shape index (κ1) is 13.8.